The van der Waals surface area contributed by atoms with Crippen molar-refractivity contribution in [2.75, 3.05) is 45.2 Å². The number of carbonyl (C=O) groups excluding carboxylic acids is 3. The predicted molar refractivity (Wildman–Crippen MR) is 130 cm³/mol. The molecule has 2 aromatic carbocycles. The lowest BCUT2D eigenvalue weighted by Crippen LogP contribution is -2.55. The third-order valence-corrected chi connectivity index (χ3v) is 5.83. The number of methoxy groups -OCH3 is 1. The second kappa shape index (κ2) is 12.7. The number of anilines is 1. The molecule has 0 atom stereocenters. The van der Waals surface area contributed by atoms with Gasteiger partial charge in [0.2, 0.25) is 0 Å². The quantitative estimate of drug-likeness (QED) is 0.375. The zero-order valence-electron chi connectivity index (χ0n) is 20.7. The van der Waals surface area contributed by atoms with Crippen molar-refractivity contribution in [1.29, 1.82) is 0 Å². The van der Waals surface area contributed by atoms with E-state index in [1.54, 1.807) is 26.0 Å². The zero-order chi connectivity index (χ0) is 25.1. The number of nitrogens with one attached hydrogen (secondary N) is 1. The van der Waals surface area contributed by atoms with Crippen LogP contribution in [0.1, 0.15) is 42.3 Å². The first-order chi connectivity index (χ1) is 16.3. The van der Waals surface area contributed by atoms with Crippen LogP contribution < -0.4 is 10.1 Å². The molecule has 1 N–H and O–H groups in total. The van der Waals surface area contributed by atoms with Crippen molar-refractivity contribution in [2.45, 2.75) is 34.3 Å². The Labute approximate surface area is 201 Å². The summed E-state index contributed by atoms with van der Waals surface area (Å²) in [4.78, 5) is 38.2. The molecule has 0 bridgehead atoms. The van der Waals surface area contributed by atoms with E-state index in [0.29, 0.717) is 30.1 Å². The number of likely N-dealkylation sites (N-methyl/N-ethyl adjacent to an activating group) is 1. The number of quaternary nitrogens is 1. The molecule has 0 radical (unpaired) electrons. The van der Waals surface area contributed by atoms with Crippen LogP contribution in [0.5, 0.6) is 5.75 Å². The fourth-order valence-corrected chi connectivity index (χ4v) is 3.68. The highest BCUT2D eigenvalue weighted by atomic mass is 16.5. The van der Waals surface area contributed by atoms with Crippen molar-refractivity contribution in [2.24, 2.45) is 0 Å². The van der Waals surface area contributed by atoms with Crippen molar-refractivity contribution in [3.8, 4) is 5.75 Å². The van der Waals surface area contributed by atoms with Gasteiger partial charge in [0.25, 0.3) is 5.91 Å². The SMILES string of the molecule is CCOC(=O)c1cc(OC)cc(C)c1NC(=O)C[N+](CC)(CC)CC(=O)OCc1ccccc1. The first kappa shape index (κ1) is 26.9. The van der Waals surface area contributed by atoms with E-state index in [2.05, 4.69) is 5.32 Å². The van der Waals surface area contributed by atoms with Gasteiger partial charge in [0, 0.05) is 0 Å². The molecular formula is C26H35N2O6+. The molecule has 0 aliphatic heterocycles. The van der Waals surface area contributed by atoms with E-state index in [1.165, 1.54) is 7.11 Å². The first-order valence-electron chi connectivity index (χ1n) is 11.5. The Morgan fingerprint density at radius 2 is 1.62 bits per heavy atom. The highest BCUT2D eigenvalue weighted by molar-refractivity contribution is 6.03. The molecule has 0 unspecified atom stereocenters. The number of rotatable bonds is 12. The Morgan fingerprint density at radius 1 is 0.941 bits per heavy atom. The summed E-state index contributed by atoms with van der Waals surface area (Å²) in [7, 11) is 1.51. The summed E-state index contributed by atoms with van der Waals surface area (Å²) in [6, 6.07) is 12.7. The van der Waals surface area contributed by atoms with Gasteiger partial charge in [-0.1, -0.05) is 30.3 Å². The lowest BCUT2D eigenvalue weighted by atomic mass is 10.1. The summed E-state index contributed by atoms with van der Waals surface area (Å²) in [6.45, 7) is 9.02. The van der Waals surface area contributed by atoms with Gasteiger partial charge in [0.1, 0.15) is 12.4 Å². The molecule has 0 spiro atoms. The second-order valence-corrected chi connectivity index (χ2v) is 8.07. The van der Waals surface area contributed by atoms with Crippen molar-refractivity contribution in [3.63, 3.8) is 0 Å². The van der Waals surface area contributed by atoms with Crippen LogP contribution in [0.15, 0.2) is 42.5 Å². The molecule has 0 aliphatic carbocycles. The summed E-state index contributed by atoms with van der Waals surface area (Å²) in [6.07, 6.45) is 0. The van der Waals surface area contributed by atoms with Gasteiger partial charge in [-0.05, 0) is 51.0 Å². The summed E-state index contributed by atoms with van der Waals surface area (Å²) in [5, 5.41) is 2.86. The number of ether oxygens (including phenoxy) is 3. The molecule has 0 saturated heterocycles. The molecule has 184 valence electrons. The van der Waals surface area contributed by atoms with E-state index in [-0.39, 0.29) is 48.2 Å². The lowest BCUT2D eigenvalue weighted by Gasteiger charge is -2.35. The Bertz CT molecular complexity index is 986. The minimum Gasteiger partial charge on any atom is -0.497 e. The van der Waals surface area contributed by atoms with Gasteiger partial charge in [-0.2, -0.15) is 0 Å². The number of hydrogen-bond acceptors (Lipinski definition) is 6. The van der Waals surface area contributed by atoms with Crippen molar-refractivity contribution in [1.82, 2.24) is 0 Å². The Kier molecular flexibility index (Phi) is 10.1. The van der Waals surface area contributed by atoms with Crippen LogP contribution in [-0.4, -0.2) is 62.2 Å². The molecule has 2 aromatic rings. The van der Waals surface area contributed by atoms with Gasteiger partial charge in [0.15, 0.2) is 13.1 Å². The first-order valence-corrected chi connectivity index (χ1v) is 11.5. The fraction of sp³-hybridized carbons (Fsp3) is 0.423. The van der Waals surface area contributed by atoms with Crippen molar-refractivity contribution < 1.29 is 33.1 Å². The van der Waals surface area contributed by atoms with E-state index < -0.39 is 5.97 Å². The average Bonchev–Trinajstić information content (AvgIpc) is 2.84. The second-order valence-electron chi connectivity index (χ2n) is 8.07. The number of nitrogens with zero attached hydrogens (tertiary/aromatic N) is 1. The monoisotopic (exact) mass is 471 g/mol. The summed E-state index contributed by atoms with van der Waals surface area (Å²) < 4.78 is 16.1. The topological polar surface area (TPSA) is 90.9 Å². The molecule has 8 nitrogen and oxygen atoms in total. The van der Waals surface area contributed by atoms with E-state index in [0.717, 1.165) is 5.56 Å². The normalized spacial score (nSPS) is 11.0. The molecule has 2 rings (SSSR count). The Balaban J connectivity index is 2.14. The number of aryl methyl sites for hydroxylation is 1. The van der Waals surface area contributed by atoms with Gasteiger partial charge in [-0.15, -0.1) is 0 Å². The Hall–Kier alpha value is -3.39. The maximum Gasteiger partial charge on any atom is 0.362 e. The number of hydrogen-bond donors (Lipinski definition) is 1. The predicted octanol–water partition coefficient (Wildman–Crippen LogP) is 3.72. The average molecular weight is 472 g/mol. The minimum absolute atomic E-state index is 0.0567. The fourth-order valence-electron chi connectivity index (χ4n) is 3.68. The van der Waals surface area contributed by atoms with Crippen LogP contribution in [0.2, 0.25) is 0 Å². The number of amides is 1. The van der Waals surface area contributed by atoms with Gasteiger partial charge in [-0.3, -0.25) is 4.79 Å². The van der Waals surface area contributed by atoms with Crippen LogP contribution in [-0.2, 0) is 25.7 Å². The van der Waals surface area contributed by atoms with Crippen LogP contribution in [0.25, 0.3) is 0 Å². The molecule has 0 aliphatic rings. The summed E-state index contributed by atoms with van der Waals surface area (Å²) in [5.74, 6) is -0.727. The zero-order valence-corrected chi connectivity index (χ0v) is 20.7. The highest BCUT2D eigenvalue weighted by Crippen LogP contribution is 2.28. The van der Waals surface area contributed by atoms with Crippen molar-refractivity contribution in [3.05, 3.63) is 59.2 Å². The maximum atomic E-state index is 13.1. The molecule has 0 aromatic heterocycles. The number of benzene rings is 2. The van der Waals surface area contributed by atoms with E-state index in [1.807, 2.05) is 44.2 Å². The van der Waals surface area contributed by atoms with Crippen LogP contribution >= 0.6 is 0 Å². The van der Waals surface area contributed by atoms with Crippen molar-refractivity contribution >= 4 is 23.5 Å². The lowest BCUT2D eigenvalue weighted by molar-refractivity contribution is -0.910. The van der Waals surface area contributed by atoms with Gasteiger partial charge in [-0.25, -0.2) is 9.59 Å². The molecule has 1 amide bonds. The molecule has 0 saturated carbocycles. The largest absolute Gasteiger partial charge is 0.497 e. The summed E-state index contributed by atoms with van der Waals surface area (Å²) >= 11 is 0. The third-order valence-electron chi connectivity index (χ3n) is 5.83. The van der Waals surface area contributed by atoms with Crippen LogP contribution in [0.4, 0.5) is 5.69 Å². The number of esters is 2. The maximum absolute atomic E-state index is 13.1. The third kappa shape index (κ3) is 7.31. The smallest absolute Gasteiger partial charge is 0.362 e. The molecule has 34 heavy (non-hydrogen) atoms. The van der Waals surface area contributed by atoms with Gasteiger partial charge < -0.3 is 24.0 Å². The standard InChI is InChI=1S/C26H34N2O6/c1-6-28(7-2,17-24(30)34-18-20-12-10-9-11-13-20)16-23(29)27-25-19(4)14-21(32-5)15-22(25)26(31)33-8-3/h9-15H,6-8,16-18H2,1-5H3/p+1. The molecule has 8 heteroatoms. The Morgan fingerprint density at radius 3 is 2.21 bits per heavy atom. The summed E-state index contributed by atoms with van der Waals surface area (Å²) in [5.41, 5.74) is 2.17. The van der Waals surface area contributed by atoms with Gasteiger partial charge in [0.05, 0.1) is 38.1 Å². The van der Waals surface area contributed by atoms with E-state index in [9.17, 15) is 14.4 Å². The number of carbonyl (C=O) groups is 3. The highest BCUT2D eigenvalue weighted by Gasteiger charge is 2.31. The van der Waals surface area contributed by atoms with Crippen LogP contribution in [0.3, 0.4) is 0 Å². The molecular weight excluding hydrogens is 436 g/mol. The minimum atomic E-state index is -0.545. The van der Waals surface area contributed by atoms with Crippen LogP contribution in [0, 0.1) is 6.92 Å². The van der Waals surface area contributed by atoms with E-state index in [4.69, 9.17) is 14.2 Å². The van der Waals surface area contributed by atoms with Gasteiger partial charge >= 0.3 is 11.9 Å². The van der Waals surface area contributed by atoms with E-state index >= 15 is 0 Å². The molecule has 0 heterocycles. The molecule has 0 fully saturated rings.